The second-order valence-corrected chi connectivity index (χ2v) is 20.8. The van der Waals surface area contributed by atoms with E-state index in [1.165, 1.54) is 0 Å². The third-order valence-electron chi connectivity index (χ3n) is 15.1. The zero-order chi connectivity index (χ0) is 58.4. The summed E-state index contributed by atoms with van der Waals surface area (Å²) in [6.07, 6.45) is 11.9. The van der Waals surface area contributed by atoms with Gasteiger partial charge in [0.2, 0.25) is 0 Å². The van der Waals surface area contributed by atoms with E-state index < -0.39 is 0 Å². The van der Waals surface area contributed by atoms with Crippen LogP contribution in [-0.2, 0) is 0 Å². The summed E-state index contributed by atoms with van der Waals surface area (Å²) < 4.78 is 0. The lowest BCUT2D eigenvalue weighted by molar-refractivity contribution is 1.24. The number of benzene rings is 11. The van der Waals surface area contributed by atoms with Crippen molar-refractivity contribution in [3.63, 3.8) is 0 Å². The molecule has 0 aliphatic carbocycles. The SMILES string of the molecule is C(=Cc1ccccn1)c1ccc(N(c2ccccc2)c2ccc(N(c3ccccc3)c3ccc(N(c4ccccc4)c4ccc(N(c5ccccc5)c5ccc(N(c6ccccc6)c6ccc(C=Cc7ccccn7)cc6)cc5)cc4)cc3)cc2)cc1. The number of anilines is 15. The van der Waals surface area contributed by atoms with E-state index >= 15 is 0 Å². The Kier molecular flexibility index (Phi) is 16.4. The van der Waals surface area contributed by atoms with E-state index in [0.29, 0.717) is 0 Å². The van der Waals surface area contributed by atoms with Gasteiger partial charge in [0.1, 0.15) is 0 Å². The molecule has 0 saturated carbocycles. The Hall–Kier alpha value is -11.8. The highest BCUT2D eigenvalue weighted by Gasteiger charge is 2.21. The summed E-state index contributed by atoms with van der Waals surface area (Å²) in [6, 6.07) is 117. The Labute approximate surface area is 509 Å². The first-order chi connectivity index (χ1) is 43.1. The van der Waals surface area contributed by atoms with Crippen molar-refractivity contribution in [3.8, 4) is 0 Å². The monoisotopic (exact) mass is 1120 g/mol. The number of pyridine rings is 2. The average Bonchev–Trinajstić information content (AvgIpc) is 2.95. The molecule has 2 aromatic heterocycles. The van der Waals surface area contributed by atoms with Crippen molar-refractivity contribution in [3.05, 3.63) is 369 Å². The summed E-state index contributed by atoms with van der Waals surface area (Å²) in [5.74, 6) is 0. The molecular weight excluding hydrogens is 1060 g/mol. The van der Waals surface area contributed by atoms with Crippen LogP contribution in [0.1, 0.15) is 22.5 Å². The van der Waals surface area contributed by atoms with Crippen molar-refractivity contribution in [2.45, 2.75) is 0 Å². The van der Waals surface area contributed by atoms with E-state index in [4.69, 9.17) is 0 Å². The van der Waals surface area contributed by atoms with Crippen LogP contribution in [0.5, 0.6) is 0 Å². The molecule has 0 fully saturated rings. The first-order valence-corrected chi connectivity index (χ1v) is 29.2. The van der Waals surface area contributed by atoms with E-state index in [1.807, 2.05) is 60.9 Å². The maximum atomic E-state index is 4.45. The van der Waals surface area contributed by atoms with Crippen LogP contribution in [0, 0.1) is 0 Å². The van der Waals surface area contributed by atoms with E-state index in [9.17, 15) is 0 Å². The van der Waals surface area contributed by atoms with Crippen LogP contribution >= 0.6 is 0 Å². The fraction of sp³-hybridized carbons (Fsp3) is 0. The Balaban J connectivity index is 0.785. The molecule has 0 N–H and O–H groups in total. The molecule has 0 saturated heterocycles. The van der Waals surface area contributed by atoms with E-state index in [2.05, 4.69) is 344 Å². The highest BCUT2D eigenvalue weighted by Crippen LogP contribution is 2.44. The zero-order valence-corrected chi connectivity index (χ0v) is 47.8. The van der Waals surface area contributed by atoms with Crippen molar-refractivity contribution in [2.24, 2.45) is 0 Å². The predicted molar refractivity (Wildman–Crippen MR) is 366 cm³/mol. The number of para-hydroxylation sites is 5. The molecule has 0 radical (unpaired) electrons. The average molecular weight is 1120 g/mol. The van der Waals surface area contributed by atoms with Gasteiger partial charge in [0.05, 0.1) is 11.4 Å². The summed E-state index contributed by atoms with van der Waals surface area (Å²) in [6.45, 7) is 0. The standard InChI is InChI=1S/C80H61N7/c1-6-22-66(23-7-1)83(71-40-34-62(35-41-71)32-38-64-20-16-18-60-81-64)73-44-48-75(49-45-73)85(68-26-10-3-11-27-68)77-52-56-79(57-53-77)87(70-30-14-5-15-31-70)80-58-54-78(55-59-80)86(69-28-12-4-13-29-69)76-50-46-74(47-51-76)84(67-24-8-2-9-25-67)72-42-36-63(37-43-72)33-39-65-21-17-19-61-82-65/h1-61H. The van der Waals surface area contributed by atoms with Gasteiger partial charge in [0.25, 0.3) is 0 Å². The molecule has 416 valence electrons. The first-order valence-electron chi connectivity index (χ1n) is 29.2. The van der Waals surface area contributed by atoms with Crippen molar-refractivity contribution >= 4 is 110 Å². The van der Waals surface area contributed by atoms with Crippen LogP contribution in [0.15, 0.2) is 346 Å². The van der Waals surface area contributed by atoms with Crippen LogP contribution in [-0.4, -0.2) is 9.97 Å². The number of aromatic nitrogens is 2. The molecule has 0 aliphatic rings. The fourth-order valence-corrected chi connectivity index (χ4v) is 10.9. The van der Waals surface area contributed by atoms with Crippen LogP contribution < -0.4 is 24.5 Å². The summed E-state index contributed by atoms with van der Waals surface area (Å²) >= 11 is 0. The number of nitrogens with zero attached hydrogens (tertiary/aromatic N) is 7. The van der Waals surface area contributed by atoms with Crippen LogP contribution in [0.25, 0.3) is 24.3 Å². The molecule has 0 atom stereocenters. The lowest BCUT2D eigenvalue weighted by atomic mass is 10.1. The smallest absolute Gasteiger partial charge is 0.0629 e. The molecule has 0 unspecified atom stereocenters. The predicted octanol–water partition coefficient (Wildman–Crippen LogP) is 22.2. The molecule has 87 heavy (non-hydrogen) atoms. The molecule has 0 amide bonds. The van der Waals surface area contributed by atoms with Crippen molar-refractivity contribution < 1.29 is 0 Å². The maximum Gasteiger partial charge on any atom is 0.0629 e. The van der Waals surface area contributed by atoms with Gasteiger partial charge in [-0.1, -0.05) is 140 Å². The lowest BCUT2D eigenvalue weighted by Crippen LogP contribution is -2.13. The van der Waals surface area contributed by atoms with Crippen LogP contribution in [0.3, 0.4) is 0 Å². The van der Waals surface area contributed by atoms with Gasteiger partial charge in [0.15, 0.2) is 0 Å². The first kappa shape index (κ1) is 54.4. The molecule has 13 rings (SSSR count). The Morgan fingerprint density at radius 2 is 0.333 bits per heavy atom. The maximum absolute atomic E-state index is 4.45. The minimum atomic E-state index is 0.924. The fourth-order valence-electron chi connectivity index (χ4n) is 10.9. The Morgan fingerprint density at radius 1 is 0.161 bits per heavy atom. The molecule has 2 heterocycles. The van der Waals surface area contributed by atoms with Gasteiger partial charge < -0.3 is 24.5 Å². The highest BCUT2D eigenvalue weighted by molar-refractivity contribution is 5.86. The lowest BCUT2D eigenvalue weighted by Gasteiger charge is -2.30. The largest absolute Gasteiger partial charge is 0.311 e. The van der Waals surface area contributed by atoms with E-state index in [0.717, 1.165) is 108 Å². The van der Waals surface area contributed by atoms with Crippen molar-refractivity contribution in [1.29, 1.82) is 0 Å². The molecule has 0 spiro atoms. The Bertz CT molecular complexity index is 4040. The molecule has 7 heteroatoms. The van der Waals surface area contributed by atoms with Gasteiger partial charge in [-0.15, -0.1) is 0 Å². The normalized spacial score (nSPS) is 11.1. The van der Waals surface area contributed by atoms with Gasteiger partial charge in [0, 0.05) is 97.7 Å². The second-order valence-electron chi connectivity index (χ2n) is 20.8. The Morgan fingerprint density at radius 3 is 0.517 bits per heavy atom. The molecule has 0 aliphatic heterocycles. The topological polar surface area (TPSA) is 42.0 Å². The van der Waals surface area contributed by atoms with Gasteiger partial charge in [-0.25, -0.2) is 0 Å². The zero-order valence-electron chi connectivity index (χ0n) is 47.8. The van der Waals surface area contributed by atoms with Crippen molar-refractivity contribution in [2.75, 3.05) is 24.5 Å². The second kappa shape index (κ2) is 26.2. The summed E-state index contributed by atoms with van der Waals surface area (Å²) in [4.78, 5) is 20.4. The van der Waals surface area contributed by atoms with Gasteiger partial charge in [-0.3, -0.25) is 9.97 Å². The van der Waals surface area contributed by atoms with Gasteiger partial charge in [-0.2, -0.15) is 0 Å². The minimum Gasteiger partial charge on any atom is -0.311 e. The van der Waals surface area contributed by atoms with Crippen molar-refractivity contribution in [1.82, 2.24) is 9.97 Å². The molecule has 11 aromatic carbocycles. The quantitative estimate of drug-likeness (QED) is 0.0799. The number of hydrogen-bond acceptors (Lipinski definition) is 7. The molecule has 13 aromatic rings. The third kappa shape index (κ3) is 12.7. The summed E-state index contributed by atoms with van der Waals surface area (Å²) in [5.41, 5.74) is 19.8. The van der Waals surface area contributed by atoms with E-state index in [-0.39, 0.29) is 0 Å². The highest BCUT2D eigenvalue weighted by atomic mass is 15.2. The van der Waals surface area contributed by atoms with Gasteiger partial charge >= 0.3 is 0 Å². The third-order valence-corrected chi connectivity index (χ3v) is 15.1. The van der Waals surface area contributed by atoms with Crippen LogP contribution in [0.2, 0.25) is 0 Å². The molecule has 7 nitrogen and oxygen atoms in total. The summed E-state index contributed by atoms with van der Waals surface area (Å²) in [7, 11) is 0. The molecule has 0 bridgehead atoms. The molecular formula is C80H61N7. The number of hydrogen-bond donors (Lipinski definition) is 0. The summed E-state index contributed by atoms with van der Waals surface area (Å²) in [5, 5.41) is 0. The van der Waals surface area contributed by atoms with Crippen LogP contribution in [0.4, 0.5) is 85.3 Å². The minimum absolute atomic E-state index is 0.924. The van der Waals surface area contributed by atoms with Gasteiger partial charge in [-0.05, 0) is 230 Å². The number of rotatable bonds is 19. The van der Waals surface area contributed by atoms with E-state index in [1.54, 1.807) is 0 Å².